The van der Waals surface area contributed by atoms with E-state index in [9.17, 15) is 14.7 Å². The zero-order valence-corrected chi connectivity index (χ0v) is 11.5. The first-order valence-electron chi connectivity index (χ1n) is 6.35. The third-order valence-corrected chi connectivity index (χ3v) is 2.70. The van der Waals surface area contributed by atoms with Gasteiger partial charge in [0.2, 0.25) is 0 Å². The molecule has 0 aliphatic rings. The van der Waals surface area contributed by atoms with Crippen molar-refractivity contribution in [3.05, 3.63) is 60.2 Å². The van der Waals surface area contributed by atoms with Crippen LogP contribution in [0.1, 0.15) is 5.56 Å². The number of ether oxygens (including phenoxy) is 1. The molecule has 7 heteroatoms. The number of rotatable bonds is 3. The summed E-state index contributed by atoms with van der Waals surface area (Å²) in [6.07, 6.45) is -2.29. The molecule has 0 atom stereocenters. The fraction of sp³-hybridized carbons (Fsp3) is 0.0667. The van der Waals surface area contributed by atoms with Crippen LogP contribution in [0.15, 0.2) is 54.6 Å². The molecule has 0 saturated heterocycles. The summed E-state index contributed by atoms with van der Waals surface area (Å²) in [5.41, 5.74) is 2.94. The quantitative estimate of drug-likeness (QED) is 0.757. The Balaban J connectivity index is 2.09. The number of phenols is 1. The maximum absolute atomic E-state index is 12.1. The van der Waals surface area contributed by atoms with Crippen molar-refractivity contribution in [2.45, 2.75) is 6.61 Å². The molecule has 2 aromatic carbocycles. The highest BCUT2D eigenvalue weighted by atomic mass is 16.6. The van der Waals surface area contributed by atoms with E-state index in [2.05, 4.69) is 0 Å². The molecule has 2 rings (SSSR count). The molecule has 2 aromatic rings. The van der Waals surface area contributed by atoms with Gasteiger partial charge in [-0.3, -0.25) is 0 Å². The molecule has 0 bridgehead atoms. The lowest BCUT2D eigenvalue weighted by Crippen LogP contribution is -2.46. The topological polar surface area (TPSA) is 99.1 Å². The van der Waals surface area contributed by atoms with Crippen LogP contribution in [0, 0.1) is 0 Å². The first kappa shape index (κ1) is 15.2. The summed E-state index contributed by atoms with van der Waals surface area (Å²) in [5.74, 6) is -0.00308. The van der Waals surface area contributed by atoms with Crippen LogP contribution >= 0.6 is 0 Å². The molecule has 114 valence electrons. The zero-order valence-electron chi connectivity index (χ0n) is 11.5. The lowest BCUT2D eigenvalue weighted by molar-refractivity contribution is 0.141. The van der Waals surface area contributed by atoms with E-state index in [0.29, 0.717) is 0 Å². The van der Waals surface area contributed by atoms with Gasteiger partial charge in [0.05, 0.1) is 5.69 Å². The molecule has 22 heavy (non-hydrogen) atoms. The first-order chi connectivity index (χ1) is 10.6. The number of hydrogen-bond acceptors (Lipinski definition) is 4. The van der Waals surface area contributed by atoms with Crippen LogP contribution in [-0.2, 0) is 11.3 Å². The molecule has 0 spiro atoms. The Labute approximate surface area is 126 Å². The second-order valence-electron chi connectivity index (χ2n) is 4.31. The summed E-state index contributed by atoms with van der Waals surface area (Å²) in [7, 11) is 0. The summed E-state index contributed by atoms with van der Waals surface area (Å²) in [4.78, 5) is 22.9. The molecule has 0 unspecified atom stereocenters. The Morgan fingerprint density at radius 2 is 1.68 bits per heavy atom. The monoisotopic (exact) mass is 302 g/mol. The van der Waals surface area contributed by atoms with Gasteiger partial charge >= 0.3 is 12.2 Å². The molecule has 0 aliphatic carbocycles. The Hall–Kier alpha value is -3.22. The summed E-state index contributed by atoms with van der Waals surface area (Å²) in [6.45, 7) is 0.00948. The lowest BCUT2D eigenvalue weighted by Gasteiger charge is -2.21. The van der Waals surface area contributed by atoms with Gasteiger partial charge in [-0.15, -0.1) is 0 Å². The number of hydrogen-bond donors (Lipinski definition) is 3. The van der Waals surface area contributed by atoms with E-state index < -0.39 is 12.2 Å². The number of nitrogens with zero attached hydrogens (tertiary/aromatic N) is 1. The van der Waals surface area contributed by atoms with Gasteiger partial charge in [-0.1, -0.05) is 30.3 Å². The van der Waals surface area contributed by atoms with Crippen LogP contribution in [0.3, 0.4) is 0 Å². The van der Waals surface area contributed by atoms with E-state index in [1.165, 1.54) is 24.3 Å². The highest BCUT2D eigenvalue weighted by Gasteiger charge is 2.19. The highest BCUT2D eigenvalue weighted by molar-refractivity contribution is 5.90. The predicted molar refractivity (Wildman–Crippen MR) is 78.4 cm³/mol. The maximum atomic E-state index is 12.1. The number of anilines is 1. The van der Waals surface area contributed by atoms with Gasteiger partial charge < -0.3 is 14.9 Å². The van der Waals surface area contributed by atoms with Gasteiger partial charge in [0, 0.05) is 0 Å². The first-order valence-corrected chi connectivity index (χ1v) is 6.35. The molecule has 0 aliphatic heterocycles. The molecule has 0 radical (unpaired) electrons. The number of carboxylic acid groups (broad SMARTS) is 1. The van der Waals surface area contributed by atoms with E-state index in [-0.39, 0.29) is 18.0 Å². The third-order valence-electron chi connectivity index (χ3n) is 2.70. The predicted octanol–water partition coefficient (Wildman–Crippen LogP) is 2.72. The largest absolute Gasteiger partial charge is 0.508 e. The van der Waals surface area contributed by atoms with Crippen LogP contribution in [0.4, 0.5) is 15.3 Å². The van der Waals surface area contributed by atoms with Gasteiger partial charge in [-0.25, -0.2) is 15.0 Å². The standard InChI is InChI=1S/C15H14N2O5/c18-13-8-6-12(7-9-13)17(16-14(19)20)15(21)22-10-11-4-2-1-3-5-11/h1-9,16,18H,10H2,(H,19,20). The molecule has 0 aromatic heterocycles. The number of benzene rings is 2. The Kier molecular flexibility index (Phi) is 4.81. The van der Waals surface area contributed by atoms with Crippen molar-refractivity contribution in [1.29, 1.82) is 0 Å². The Bertz CT molecular complexity index is 643. The minimum absolute atomic E-state index is 0.00308. The third kappa shape index (κ3) is 4.14. The molecule has 7 nitrogen and oxygen atoms in total. The van der Waals surface area contributed by atoms with Crippen LogP contribution < -0.4 is 10.4 Å². The van der Waals surface area contributed by atoms with Gasteiger partial charge in [-0.05, 0) is 29.8 Å². The average Bonchev–Trinajstić information content (AvgIpc) is 2.52. The van der Waals surface area contributed by atoms with Crippen LogP contribution in [0.2, 0.25) is 0 Å². The van der Waals surface area contributed by atoms with Crippen LogP contribution in [0.25, 0.3) is 0 Å². The van der Waals surface area contributed by atoms with E-state index in [0.717, 1.165) is 10.6 Å². The van der Waals surface area contributed by atoms with Crippen LogP contribution in [-0.4, -0.2) is 22.4 Å². The second-order valence-corrected chi connectivity index (χ2v) is 4.31. The number of carbonyl (C=O) groups is 2. The van der Waals surface area contributed by atoms with Crippen LogP contribution in [0.5, 0.6) is 5.75 Å². The number of nitrogens with one attached hydrogen (secondary N) is 1. The van der Waals surface area contributed by atoms with Gasteiger partial charge in [0.1, 0.15) is 12.4 Å². The number of hydrazine groups is 1. The molecule has 0 heterocycles. The summed E-state index contributed by atoms with van der Waals surface area (Å²) in [5, 5.41) is 18.8. The fourth-order valence-corrected chi connectivity index (χ4v) is 1.70. The van der Waals surface area contributed by atoms with Crippen molar-refractivity contribution in [2.24, 2.45) is 0 Å². The summed E-state index contributed by atoms with van der Waals surface area (Å²) >= 11 is 0. The van der Waals surface area contributed by atoms with E-state index in [4.69, 9.17) is 9.84 Å². The summed E-state index contributed by atoms with van der Waals surface area (Å²) in [6, 6.07) is 14.4. The molecule has 2 amide bonds. The Morgan fingerprint density at radius 1 is 1.05 bits per heavy atom. The van der Waals surface area contributed by atoms with Crippen molar-refractivity contribution in [1.82, 2.24) is 5.43 Å². The van der Waals surface area contributed by atoms with Gasteiger partial charge in [0.25, 0.3) is 0 Å². The van der Waals surface area contributed by atoms with Crippen molar-refractivity contribution < 1.29 is 24.5 Å². The van der Waals surface area contributed by atoms with Crippen molar-refractivity contribution in [3.8, 4) is 5.75 Å². The maximum Gasteiger partial charge on any atom is 0.433 e. The molecule has 0 saturated carbocycles. The SMILES string of the molecule is O=C(O)NN(C(=O)OCc1ccccc1)c1ccc(O)cc1. The second kappa shape index (κ2) is 6.98. The molecular formula is C15H14N2O5. The smallest absolute Gasteiger partial charge is 0.433 e. The molecular weight excluding hydrogens is 288 g/mol. The van der Waals surface area contributed by atoms with Gasteiger partial charge in [0.15, 0.2) is 0 Å². The number of phenolic OH excluding ortho intramolecular Hbond substituents is 1. The highest BCUT2D eigenvalue weighted by Crippen LogP contribution is 2.18. The summed E-state index contributed by atoms with van der Waals surface area (Å²) < 4.78 is 5.07. The normalized spacial score (nSPS) is 9.82. The lowest BCUT2D eigenvalue weighted by atomic mass is 10.2. The van der Waals surface area contributed by atoms with Gasteiger partial charge in [-0.2, -0.15) is 5.01 Å². The number of carbonyl (C=O) groups excluding carboxylic acids is 1. The number of aromatic hydroxyl groups is 1. The number of amides is 2. The van der Waals surface area contributed by atoms with Crippen molar-refractivity contribution in [3.63, 3.8) is 0 Å². The van der Waals surface area contributed by atoms with E-state index >= 15 is 0 Å². The van der Waals surface area contributed by atoms with Crippen molar-refractivity contribution in [2.75, 3.05) is 5.01 Å². The molecule has 0 fully saturated rings. The zero-order chi connectivity index (χ0) is 15.9. The van der Waals surface area contributed by atoms with Crippen molar-refractivity contribution >= 4 is 17.9 Å². The van der Waals surface area contributed by atoms with E-state index in [1.54, 1.807) is 24.3 Å². The Morgan fingerprint density at radius 3 is 2.27 bits per heavy atom. The van der Waals surface area contributed by atoms with E-state index in [1.807, 2.05) is 11.5 Å². The fourth-order valence-electron chi connectivity index (χ4n) is 1.70. The minimum atomic E-state index is -1.41. The average molecular weight is 302 g/mol. The minimum Gasteiger partial charge on any atom is -0.508 e. The molecule has 3 N–H and O–H groups in total.